The maximum Gasteiger partial charge on any atom is 0.267 e. The molecule has 0 aliphatic carbocycles. The molecule has 2 aliphatic rings. The lowest BCUT2D eigenvalue weighted by atomic mass is 10.1. The van der Waals surface area contributed by atoms with Gasteiger partial charge in [-0.2, -0.15) is 0 Å². The lowest BCUT2D eigenvalue weighted by Gasteiger charge is -2.41. The summed E-state index contributed by atoms with van der Waals surface area (Å²) in [6, 6.07) is 9.94. The predicted octanol–water partition coefficient (Wildman–Crippen LogP) is 1.90. The van der Waals surface area contributed by atoms with Crippen LogP contribution in [0.3, 0.4) is 0 Å². The molecule has 2 N–H and O–H groups in total. The summed E-state index contributed by atoms with van der Waals surface area (Å²) in [7, 11) is 0. The summed E-state index contributed by atoms with van der Waals surface area (Å²) in [6.45, 7) is 3.36. The van der Waals surface area contributed by atoms with Gasteiger partial charge in [-0.3, -0.25) is 9.36 Å². The zero-order chi connectivity index (χ0) is 19.8. The van der Waals surface area contributed by atoms with Crippen molar-refractivity contribution >= 4 is 22.6 Å². The second-order valence-electron chi connectivity index (χ2n) is 7.55. The van der Waals surface area contributed by atoms with Gasteiger partial charge < -0.3 is 20.1 Å². The first kappa shape index (κ1) is 18.1. The Kier molecular flexibility index (Phi) is 4.65. The highest BCUT2D eigenvalue weighted by molar-refractivity contribution is 5.94. The number of hydrogen-bond acceptors (Lipinski definition) is 6. The highest BCUT2D eigenvalue weighted by Gasteiger charge is 2.29. The monoisotopic (exact) mass is 393 g/mol. The molecule has 0 saturated carbocycles. The van der Waals surface area contributed by atoms with E-state index in [2.05, 4.69) is 27.0 Å². The van der Waals surface area contributed by atoms with E-state index < -0.39 is 5.91 Å². The number of benzene rings is 1. The van der Waals surface area contributed by atoms with Gasteiger partial charge in [-0.05, 0) is 43.2 Å². The molecule has 1 atom stereocenters. The number of pyridine rings is 1. The Balaban J connectivity index is 1.25. The van der Waals surface area contributed by atoms with Crippen LogP contribution in [0.2, 0.25) is 0 Å². The van der Waals surface area contributed by atoms with Gasteiger partial charge in [-0.1, -0.05) is 0 Å². The molecule has 3 aromatic rings. The molecule has 2 aliphatic heterocycles. The van der Waals surface area contributed by atoms with Gasteiger partial charge in [0, 0.05) is 31.1 Å². The summed E-state index contributed by atoms with van der Waals surface area (Å²) >= 11 is 0. The van der Waals surface area contributed by atoms with Gasteiger partial charge in [-0.15, -0.1) is 0 Å². The Morgan fingerprint density at radius 3 is 2.72 bits per heavy atom. The van der Waals surface area contributed by atoms with Gasteiger partial charge in [0.25, 0.3) is 5.91 Å². The number of imidazole rings is 1. The summed E-state index contributed by atoms with van der Waals surface area (Å²) in [4.78, 5) is 22.1. The van der Waals surface area contributed by atoms with E-state index >= 15 is 0 Å². The van der Waals surface area contributed by atoms with E-state index in [4.69, 9.17) is 15.2 Å². The number of fused-ring (bicyclic) bond motifs is 1. The maximum absolute atomic E-state index is 11.4. The van der Waals surface area contributed by atoms with Crippen molar-refractivity contribution in [2.45, 2.75) is 25.0 Å². The first-order valence-electron chi connectivity index (χ1n) is 9.89. The summed E-state index contributed by atoms with van der Waals surface area (Å²) in [5.74, 6) is -0.552. The van der Waals surface area contributed by atoms with Crippen molar-refractivity contribution in [1.29, 1.82) is 0 Å². The van der Waals surface area contributed by atoms with Crippen molar-refractivity contribution in [3.63, 3.8) is 0 Å². The van der Waals surface area contributed by atoms with Crippen LogP contribution in [-0.4, -0.2) is 59.0 Å². The molecule has 150 valence electrons. The van der Waals surface area contributed by atoms with E-state index in [1.54, 1.807) is 18.6 Å². The molecule has 4 heterocycles. The lowest BCUT2D eigenvalue weighted by molar-refractivity contribution is -0.0295. The molecular formula is C21H23N5O3. The van der Waals surface area contributed by atoms with Crippen molar-refractivity contribution in [2.24, 2.45) is 5.73 Å². The van der Waals surface area contributed by atoms with E-state index in [0.29, 0.717) is 12.1 Å². The number of aromatic nitrogens is 3. The van der Waals surface area contributed by atoms with Crippen LogP contribution in [0.25, 0.3) is 16.7 Å². The first-order valence-corrected chi connectivity index (χ1v) is 9.89. The Morgan fingerprint density at radius 2 is 2.00 bits per heavy atom. The van der Waals surface area contributed by atoms with Gasteiger partial charge in [-0.25, -0.2) is 9.97 Å². The average Bonchev–Trinajstić information content (AvgIpc) is 3.36. The van der Waals surface area contributed by atoms with E-state index in [-0.39, 0.29) is 17.9 Å². The summed E-state index contributed by atoms with van der Waals surface area (Å²) < 4.78 is 13.5. The Labute approximate surface area is 168 Å². The van der Waals surface area contributed by atoms with Gasteiger partial charge in [0.1, 0.15) is 17.5 Å². The number of carbonyl (C=O) groups excluding carboxylic acids is 1. The van der Waals surface area contributed by atoms with Crippen molar-refractivity contribution in [2.75, 3.05) is 31.2 Å². The molecule has 0 spiro atoms. The van der Waals surface area contributed by atoms with Gasteiger partial charge >= 0.3 is 0 Å². The zero-order valence-electron chi connectivity index (χ0n) is 16.0. The molecule has 1 aromatic carbocycles. The highest BCUT2D eigenvalue weighted by Crippen LogP contribution is 2.26. The van der Waals surface area contributed by atoms with Gasteiger partial charge in [0.05, 0.1) is 30.5 Å². The van der Waals surface area contributed by atoms with Crippen LogP contribution in [0.15, 0.2) is 42.9 Å². The van der Waals surface area contributed by atoms with Crippen LogP contribution in [0.5, 0.6) is 0 Å². The minimum atomic E-state index is -0.552. The van der Waals surface area contributed by atoms with Crippen LogP contribution in [0, 0.1) is 0 Å². The second-order valence-corrected chi connectivity index (χ2v) is 7.55. The lowest BCUT2D eigenvalue weighted by Crippen LogP contribution is -2.53. The molecule has 0 radical (unpaired) electrons. The molecule has 1 amide bonds. The minimum Gasteiger partial charge on any atom is -0.376 e. The Bertz CT molecular complexity index is 1020. The van der Waals surface area contributed by atoms with E-state index in [1.165, 1.54) is 0 Å². The number of rotatable bonds is 6. The molecule has 2 saturated heterocycles. The van der Waals surface area contributed by atoms with Crippen LogP contribution in [-0.2, 0) is 9.47 Å². The predicted molar refractivity (Wildman–Crippen MR) is 108 cm³/mol. The summed E-state index contributed by atoms with van der Waals surface area (Å²) in [6.07, 6.45) is 6.10. The molecule has 8 heteroatoms. The third-order valence-corrected chi connectivity index (χ3v) is 5.57. The smallest absolute Gasteiger partial charge is 0.267 e. The number of amides is 1. The molecule has 29 heavy (non-hydrogen) atoms. The van der Waals surface area contributed by atoms with Crippen molar-refractivity contribution < 1.29 is 14.3 Å². The van der Waals surface area contributed by atoms with E-state index in [1.807, 2.05) is 16.7 Å². The highest BCUT2D eigenvalue weighted by atomic mass is 16.5. The number of nitrogens with zero attached hydrogens (tertiary/aromatic N) is 4. The summed E-state index contributed by atoms with van der Waals surface area (Å²) in [5, 5.41) is 0. The fourth-order valence-electron chi connectivity index (χ4n) is 3.85. The fourth-order valence-corrected chi connectivity index (χ4v) is 3.85. The average molecular weight is 393 g/mol. The number of primary amides is 1. The third kappa shape index (κ3) is 3.56. The number of nitrogens with two attached hydrogens (primary N) is 1. The van der Waals surface area contributed by atoms with Crippen molar-refractivity contribution in [3.8, 4) is 5.69 Å². The Morgan fingerprint density at radius 1 is 1.21 bits per heavy atom. The van der Waals surface area contributed by atoms with Gasteiger partial charge in [0.2, 0.25) is 0 Å². The number of ether oxygens (including phenoxy) is 2. The molecular weight excluding hydrogens is 370 g/mol. The molecule has 1 unspecified atom stereocenters. The fraction of sp³-hybridized carbons (Fsp3) is 0.381. The first-order chi connectivity index (χ1) is 14.2. The Hall–Kier alpha value is -2.97. The van der Waals surface area contributed by atoms with Crippen LogP contribution >= 0.6 is 0 Å². The number of hydrogen-bond donors (Lipinski definition) is 1. The second kappa shape index (κ2) is 7.46. The van der Waals surface area contributed by atoms with Crippen LogP contribution in [0.1, 0.15) is 23.3 Å². The quantitative estimate of drug-likeness (QED) is 0.687. The summed E-state index contributed by atoms with van der Waals surface area (Å²) in [5.41, 5.74) is 9.22. The zero-order valence-corrected chi connectivity index (χ0v) is 16.0. The maximum atomic E-state index is 11.4. The number of carbonyl (C=O) groups is 1. The topological polar surface area (TPSA) is 95.5 Å². The molecule has 2 fully saturated rings. The SMILES string of the molecule is NC(=O)c1cc2c(cn1)ncn2-c1ccc(N2CC(OCC3CCCO3)C2)cc1. The van der Waals surface area contributed by atoms with E-state index in [9.17, 15) is 4.79 Å². The minimum absolute atomic E-state index is 0.227. The molecule has 0 bridgehead atoms. The van der Waals surface area contributed by atoms with Crippen LogP contribution < -0.4 is 10.6 Å². The third-order valence-electron chi connectivity index (χ3n) is 5.57. The molecule has 2 aromatic heterocycles. The van der Waals surface area contributed by atoms with Gasteiger partial charge in [0.15, 0.2) is 0 Å². The normalized spacial score (nSPS) is 19.6. The standard InChI is InChI=1S/C21H23N5O3/c22-21(27)18-8-20-19(9-23-18)24-13-26(20)15-5-3-14(4-6-15)25-10-17(11-25)29-12-16-2-1-7-28-16/h3-6,8-9,13,16-17H,1-2,7,10-12H2,(H2,22,27). The van der Waals surface area contributed by atoms with Crippen molar-refractivity contribution in [3.05, 3.63) is 48.5 Å². The van der Waals surface area contributed by atoms with E-state index in [0.717, 1.165) is 49.4 Å². The molecule has 5 rings (SSSR count). The largest absolute Gasteiger partial charge is 0.376 e. The molecule has 8 nitrogen and oxygen atoms in total. The van der Waals surface area contributed by atoms with Crippen LogP contribution in [0.4, 0.5) is 5.69 Å². The number of anilines is 1. The van der Waals surface area contributed by atoms with Crippen molar-refractivity contribution in [1.82, 2.24) is 14.5 Å².